The van der Waals surface area contributed by atoms with Crippen LogP contribution in [0.15, 0.2) is 58.1 Å². The first-order valence-electron chi connectivity index (χ1n) is 17.3. The molecule has 2 aromatic carbocycles. The van der Waals surface area contributed by atoms with Crippen LogP contribution in [0.25, 0.3) is 43.7 Å². The molecule has 0 atom stereocenters. The molecule has 2 aliphatic rings. The maximum atomic E-state index is 13.0. The average Bonchev–Trinajstić information content (AvgIpc) is 3.68. The largest absolute Gasteiger partial charge is 1.00 e. The predicted octanol–water partition coefficient (Wildman–Crippen LogP) is 4.44. The molecule has 304 valence electrons. The molecule has 4 aromatic heterocycles. The van der Waals surface area contributed by atoms with Crippen LogP contribution >= 0.6 is 22.7 Å². The number of nitrogens with zero attached hydrogens (tertiary/aromatic N) is 6. The van der Waals surface area contributed by atoms with Crippen LogP contribution in [0.1, 0.15) is 26.6 Å². The van der Waals surface area contributed by atoms with Crippen LogP contribution in [0.4, 0.5) is 26.3 Å². The monoisotopic (exact) mass is 860 g/mol. The number of aromatic nitrogens is 6. The third-order valence-electron chi connectivity index (χ3n) is 9.47. The van der Waals surface area contributed by atoms with Crippen molar-refractivity contribution in [2.24, 2.45) is 0 Å². The van der Waals surface area contributed by atoms with Crippen molar-refractivity contribution in [3.63, 3.8) is 0 Å². The fraction of sp³-hybridized carbons (Fsp3) is 0.351. The number of fused-ring (bicyclic) bond motifs is 2. The summed E-state index contributed by atoms with van der Waals surface area (Å²) in [5.41, 5.74) is 1.61. The average molecular weight is 861 g/mol. The van der Waals surface area contributed by atoms with Crippen molar-refractivity contribution in [1.29, 1.82) is 0 Å². The predicted molar refractivity (Wildman–Crippen MR) is 200 cm³/mol. The summed E-state index contributed by atoms with van der Waals surface area (Å²) in [5.74, 6) is -0.178. The van der Waals surface area contributed by atoms with Crippen LogP contribution < -0.4 is 40.7 Å². The van der Waals surface area contributed by atoms with Gasteiger partial charge in [0.1, 0.15) is 15.6 Å². The minimum atomic E-state index is -4.41. The Hall–Kier alpha value is -4.02. The molecule has 2 N–H and O–H groups in total. The molecule has 0 saturated heterocycles. The maximum absolute atomic E-state index is 13.0. The summed E-state index contributed by atoms with van der Waals surface area (Å²) >= 11 is 2.63. The fourth-order valence-corrected chi connectivity index (χ4v) is 8.49. The minimum Gasteiger partial charge on any atom is -0.870 e. The molecule has 0 bridgehead atoms. The van der Waals surface area contributed by atoms with E-state index in [-0.39, 0.29) is 57.6 Å². The van der Waals surface area contributed by atoms with Gasteiger partial charge in [-0.3, -0.25) is 14.3 Å². The molecule has 12 nitrogen and oxygen atoms in total. The molecule has 8 rings (SSSR count). The quantitative estimate of drug-likeness (QED) is 0.202. The number of alkyl halides is 6. The summed E-state index contributed by atoms with van der Waals surface area (Å²) in [6, 6.07) is 9.62. The van der Waals surface area contributed by atoms with Gasteiger partial charge in [0.2, 0.25) is 5.88 Å². The van der Waals surface area contributed by atoms with Gasteiger partial charge in [0, 0.05) is 26.6 Å². The molecule has 6 heterocycles. The summed E-state index contributed by atoms with van der Waals surface area (Å²) in [6.45, 7) is 9.03. The molecule has 58 heavy (non-hydrogen) atoms. The first kappa shape index (κ1) is 45.1. The molecular weight excluding hydrogens is 826 g/mol. The van der Waals surface area contributed by atoms with Crippen LogP contribution in [0, 0.1) is 20.8 Å². The van der Waals surface area contributed by atoms with E-state index in [0.717, 1.165) is 34.8 Å². The molecule has 0 spiro atoms. The number of halogens is 6. The molecule has 0 aliphatic carbocycles. The van der Waals surface area contributed by atoms with E-state index in [2.05, 4.69) is 9.97 Å². The van der Waals surface area contributed by atoms with Crippen molar-refractivity contribution >= 4 is 22.7 Å². The number of thiazole rings is 2. The Kier molecular flexibility index (Phi) is 13.7. The topological polar surface area (TPSA) is 148 Å². The van der Waals surface area contributed by atoms with Crippen molar-refractivity contribution in [2.75, 3.05) is 26.4 Å². The van der Waals surface area contributed by atoms with Crippen LogP contribution in [0.2, 0.25) is 0 Å². The van der Waals surface area contributed by atoms with Gasteiger partial charge in [-0.05, 0) is 45.0 Å². The van der Waals surface area contributed by atoms with Gasteiger partial charge in [0.15, 0.2) is 0 Å². The Morgan fingerprint density at radius 3 is 1.40 bits per heavy atom. The van der Waals surface area contributed by atoms with E-state index >= 15 is 0 Å². The van der Waals surface area contributed by atoms with E-state index < -0.39 is 23.5 Å². The molecule has 0 amide bonds. The van der Waals surface area contributed by atoms with Gasteiger partial charge in [-0.2, -0.15) is 26.3 Å². The maximum Gasteiger partial charge on any atom is 1.00 e. The van der Waals surface area contributed by atoms with Gasteiger partial charge < -0.3 is 20.1 Å². The van der Waals surface area contributed by atoms with Crippen LogP contribution in [0.3, 0.4) is 0 Å². The molecular formula is C37H35F6N6NaO6S2. The molecule has 0 fully saturated rings. The van der Waals surface area contributed by atoms with Gasteiger partial charge in [0.05, 0.1) is 80.7 Å². The van der Waals surface area contributed by atoms with Crippen molar-refractivity contribution in [1.82, 2.24) is 28.7 Å². The zero-order chi connectivity index (χ0) is 40.1. The van der Waals surface area contributed by atoms with Crippen LogP contribution in [-0.2, 0) is 48.0 Å². The summed E-state index contributed by atoms with van der Waals surface area (Å²) in [7, 11) is 0. The smallest absolute Gasteiger partial charge is 0.870 e. The number of benzene rings is 2. The fourth-order valence-electron chi connectivity index (χ4n) is 6.64. The summed E-state index contributed by atoms with van der Waals surface area (Å²) < 4.78 is 93.9. The Balaban J connectivity index is 0.000000214. The number of hydrogen-bond donors (Lipinski definition) is 1. The number of ether oxygens (including phenoxy) is 2. The summed E-state index contributed by atoms with van der Waals surface area (Å²) in [5, 5.41) is 11.7. The van der Waals surface area contributed by atoms with Crippen molar-refractivity contribution in [2.45, 2.75) is 59.3 Å². The minimum absolute atomic E-state index is 0. The van der Waals surface area contributed by atoms with Crippen molar-refractivity contribution in [3.8, 4) is 49.5 Å². The van der Waals surface area contributed by atoms with Gasteiger partial charge in [-0.15, -0.1) is 22.7 Å². The first-order valence-corrected chi connectivity index (χ1v) is 19.0. The SMILES string of the molecule is Cc1sc(-c2ccc(C(F)(F)F)cc2)nc1-c1c(C)n2n(c1=O)CCOCC2.Cc1sc(-c2ccc(C(F)(F)F)cc2)nc1-c1c(O)n2n(c1=O)CCOCC2.[Na+].[OH-]. The molecule has 6 aromatic rings. The third kappa shape index (κ3) is 8.79. The molecule has 2 aliphatic heterocycles. The van der Waals surface area contributed by atoms with E-state index in [4.69, 9.17) is 9.47 Å². The van der Waals surface area contributed by atoms with Crippen molar-refractivity contribution < 1.29 is 76.0 Å². The van der Waals surface area contributed by atoms with E-state index in [1.54, 1.807) is 11.6 Å². The summed E-state index contributed by atoms with van der Waals surface area (Å²) in [6.07, 6.45) is -8.78. The number of rotatable bonds is 4. The molecule has 21 heteroatoms. The van der Waals surface area contributed by atoms with E-state index in [1.165, 1.54) is 56.3 Å². The zero-order valence-electron chi connectivity index (χ0n) is 31.6. The Morgan fingerprint density at radius 1 is 0.603 bits per heavy atom. The van der Waals surface area contributed by atoms with Gasteiger partial charge >= 0.3 is 41.9 Å². The van der Waals surface area contributed by atoms with Gasteiger partial charge in [0.25, 0.3) is 11.1 Å². The van der Waals surface area contributed by atoms with Gasteiger partial charge in [-0.25, -0.2) is 24.0 Å². The Bertz CT molecular complexity index is 2340. The first-order chi connectivity index (χ1) is 26.5. The van der Waals surface area contributed by atoms with E-state index in [1.807, 2.05) is 18.5 Å². The number of aromatic hydroxyl groups is 1. The van der Waals surface area contributed by atoms with E-state index in [0.29, 0.717) is 95.6 Å². The van der Waals surface area contributed by atoms with Crippen LogP contribution in [-0.4, -0.2) is 65.7 Å². The van der Waals surface area contributed by atoms with Gasteiger partial charge in [-0.1, -0.05) is 24.3 Å². The standard InChI is InChI=1S/C19H18F3N3O2S.C18H16F3N3O3S.Na.H2O/c1-11-15(18(26)25-8-10-27-9-7-24(11)25)16-12(2)28-17(23-16)13-3-5-14(6-4-13)19(20,21)22;1-10-14(13-16(25)23-6-8-27-9-7-24(23)17(13)26)22-15(28-10)11-2-4-12(5-3-11)18(19,20)21;;/h3-6H,7-10H2,1-2H3;2-5,25H,6-9H2,1H3;;1H2/q;;+1;/p-1. The molecule has 0 radical (unpaired) electrons. The second-order valence-electron chi connectivity index (χ2n) is 13.0. The molecule has 0 unspecified atom stereocenters. The van der Waals surface area contributed by atoms with Crippen molar-refractivity contribution in [3.05, 3.63) is 95.8 Å². The Morgan fingerprint density at radius 2 is 0.966 bits per heavy atom. The molecule has 0 saturated carbocycles. The third-order valence-corrected chi connectivity index (χ3v) is 11.5. The normalized spacial score (nSPS) is 14.2. The summed E-state index contributed by atoms with van der Waals surface area (Å²) in [4.78, 5) is 36.4. The number of aryl methyl sites for hydroxylation is 2. The van der Waals surface area contributed by atoms with Crippen LogP contribution in [0.5, 0.6) is 5.88 Å². The number of hydrogen-bond acceptors (Lipinski definition) is 10. The second-order valence-corrected chi connectivity index (χ2v) is 15.4. The zero-order valence-corrected chi connectivity index (χ0v) is 35.2. The second kappa shape index (κ2) is 17.7. The van der Waals surface area contributed by atoms with E-state index in [9.17, 15) is 41.0 Å². The Labute approximate surface area is 356 Å².